The van der Waals surface area contributed by atoms with Gasteiger partial charge in [0.15, 0.2) is 11.6 Å². The SMILES string of the molecule is COc1ccc(OC)c(C(=O)[C@H]2[C@@H](C(=O)c3ccccc3F)N3c4ccccc4C=C[C@@H]3[C@]23C(=O)Nc2ccccc23)c1. The molecule has 1 spiro atoms. The molecule has 0 radical (unpaired) electrons. The molecular weight excluding hydrogens is 547 g/mol. The summed E-state index contributed by atoms with van der Waals surface area (Å²) in [6, 6.07) is 23.3. The zero-order chi connectivity index (χ0) is 29.9. The normalized spacial score (nSPS) is 22.9. The van der Waals surface area contributed by atoms with Crippen LogP contribution in [0.2, 0.25) is 0 Å². The van der Waals surface area contributed by atoms with Gasteiger partial charge in [-0.1, -0.05) is 60.7 Å². The number of methoxy groups -OCH3 is 2. The minimum absolute atomic E-state index is 0.155. The summed E-state index contributed by atoms with van der Waals surface area (Å²) < 4.78 is 26.3. The van der Waals surface area contributed by atoms with Gasteiger partial charge in [0.1, 0.15) is 28.8 Å². The Hall–Kier alpha value is -5.24. The third-order valence-electron chi connectivity index (χ3n) is 8.90. The Kier molecular flexibility index (Phi) is 6.16. The Morgan fingerprint density at radius 2 is 1.60 bits per heavy atom. The van der Waals surface area contributed by atoms with Crippen molar-refractivity contribution in [2.45, 2.75) is 17.5 Å². The molecule has 4 atom stereocenters. The van der Waals surface area contributed by atoms with Crippen molar-refractivity contribution < 1.29 is 28.2 Å². The average Bonchev–Trinajstić information content (AvgIpc) is 3.52. The maximum absolute atomic E-state index is 15.3. The highest BCUT2D eigenvalue weighted by atomic mass is 19.1. The molecule has 8 heteroatoms. The van der Waals surface area contributed by atoms with E-state index in [1.54, 1.807) is 36.4 Å². The van der Waals surface area contributed by atoms with Gasteiger partial charge in [0.25, 0.3) is 0 Å². The molecule has 0 aliphatic carbocycles. The Balaban J connectivity index is 1.56. The highest BCUT2D eigenvalue weighted by Gasteiger charge is 2.70. The minimum atomic E-state index is -1.53. The van der Waals surface area contributed by atoms with Crippen molar-refractivity contribution in [2.75, 3.05) is 24.4 Å². The molecule has 1 fully saturated rings. The molecule has 0 bridgehead atoms. The topological polar surface area (TPSA) is 84.9 Å². The van der Waals surface area contributed by atoms with E-state index in [4.69, 9.17) is 9.47 Å². The van der Waals surface area contributed by atoms with Gasteiger partial charge in [0, 0.05) is 11.4 Å². The molecule has 0 saturated carbocycles. The van der Waals surface area contributed by atoms with E-state index in [2.05, 4.69) is 5.32 Å². The lowest BCUT2D eigenvalue weighted by atomic mass is 9.64. The molecule has 3 aliphatic rings. The van der Waals surface area contributed by atoms with E-state index in [1.807, 2.05) is 53.5 Å². The number of ether oxygens (including phenoxy) is 2. The quantitative estimate of drug-likeness (QED) is 0.298. The number of amides is 1. The Morgan fingerprint density at radius 3 is 2.40 bits per heavy atom. The molecule has 3 aliphatic heterocycles. The van der Waals surface area contributed by atoms with Crippen molar-refractivity contribution in [1.82, 2.24) is 0 Å². The highest BCUT2D eigenvalue weighted by molar-refractivity contribution is 6.19. The van der Waals surface area contributed by atoms with Crippen molar-refractivity contribution in [3.05, 3.63) is 125 Å². The van der Waals surface area contributed by atoms with Crippen LogP contribution in [0.3, 0.4) is 0 Å². The maximum atomic E-state index is 15.3. The second-order valence-corrected chi connectivity index (χ2v) is 10.8. The summed E-state index contributed by atoms with van der Waals surface area (Å²) in [6.07, 6.45) is 3.79. The number of Topliss-reactive ketones (excluding diaryl/α,β-unsaturated/α-hetero) is 2. The standard InChI is InChI=1S/C35H27FN2O5/c1-42-21-16-17-28(43-2)23(19-21)32(39)30-31(33(40)22-10-4-6-12-25(22)36)38-27-14-8-3-9-20(27)15-18-29(38)35(30)24-11-5-7-13-26(24)37-34(35)41/h3-19,29-31H,1-2H3,(H,37,41)/t29-,30-,31+,35+/m1/s1. The number of para-hydroxylation sites is 2. The molecule has 1 N–H and O–H groups in total. The third kappa shape index (κ3) is 3.69. The van der Waals surface area contributed by atoms with Crippen LogP contribution in [0.25, 0.3) is 6.08 Å². The van der Waals surface area contributed by atoms with E-state index in [9.17, 15) is 9.59 Å². The van der Waals surface area contributed by atoms with Crippen molar-refractivity contribution in [3.63, 3.8) is 0 Å². The molecule has 1 amide bonds. The van der Waals surface area contributed by atoms with Crippen LogP contribution in [-0.2, 0) is 10.2 Å². The number of carbonyl (C=O) groups is 3. The van der Waals surface area contributed by atoms with E-state index >= 15 is 9.18 Å². The van der Waals surface area contributed by atoms with Gasteiger partial charge in [-0.05, 0) is 53.6 Å². The average molecular weight is 575 g/mol. The number of carbonyl (C=O) groups excluding carboxylic acids is 3. The predicted octanol–water partition coefficient (Wildman–Crippen LogP) is 5.70. The molecule has 3 heterocycles. The van der Waals surface area contributed by atoms with Gasteiger partial charge in [-0.2, -0.15) is 0 Å². The highest BCUT2D eigenvalue weighted by Crippen LogP contribution is 2.58. The van der Waals surface area contributed by atoms with E-state index in [0.717, 1.165) is 5.56 Å². The number of ketones is 2. The summed E-state index contributed by atoms with van der Waals surface area (Å²) >= 11 is 0. The van der Waals surface area contributed by atoms with Gasteiger partial charge in [0.2, 0.25) is 5.91 Å². The number of nitrogens with zero attached hydrogens (tertiary/aromatic N) is 1. The maximum Gasteiger partial charge on any atom is 0.238 e. The van der Waals surface area contributed by atoms with Crippen LogP contribution in [0.1, 0.15) is 31.8 Å². The number of nitrogens with one attached hydrogen (secondary N) is 1. The fourth-order valence-electron chi connectivity index (χ4n) is 7.11. The first kappa shape index (κ1) is 26.6. The number of halogens is 1. The van der Waals surface area contributed by atoms with Gasteiger partial charge < -0.3 is 19.7 Å². The van der Waals surface area contributed by atoms with Gasteiger partial charge in [0.05, 0.1) is 37.3 Å². The smallest absolute Gasteiger partial charge is 0.238 e. The van der Waals surface area contributed by atoms with Crippen LogP contribution in [0.5, 0.6) is 11.5 Å². The summed E-state index contributed by atoms with van der Waals surface area (Å²) in [5.74, 6) is -2.79. The monoisotopic (exact) mass is 574 g/mol. The van der Waals surface area contributed by atoms with Crippen LogP contribution < -0.4 is 19.7 Å². The number of hydrogen-bond acceptors (Lipinski definition) is 6. The molecular formula is C35H27FN2O5. The summed E-state index contributed by atoms with van der Waals surface area (Å²) in [5, 5.41) is 2.99. The fourth-order valence-corrected chi connectivity index (χ4v) is 7.11. The Labute approximate surface area is 247 Å². The van der Waals surface area contributed by atoms with Crippen LogP contribution >= 0.6 is 0 Å². The third-order valence-corrected chi connectivity index (χ3v) is 8.90. The molecule has 0 unspecified atom stereocenters. The first-order chi connectivity index (χ1) is 20.9. The first-order valence-electron chi connectivity index (χ1n) is 13.9. The fraction of sp³-hybridized carbons (Fsp3) is 0.171. The lowest BCUT2D eigenvalue weighted by Crippen LogP contribution is -2.51. The van der Waals surface area contributed by atoms with Crippen LogP contribution in [-0.4, -0.2) is 43.8 Å². The molecule has 0 aromatic heterocycles. The zero-order valence-electron chi connectivity index (χ0n) is 23.4. The predicted molar refractivity (Wildman–Crippen MR) is 160 cm³/mol. The van der Waals surface area contributed by atoms with Gasteiger partial charge in [-0.3, -0.25) is 14.4 Å². The first-order valence-corrected chi connectivity index (χ1v) is 13.9. The summed E-state index contributed by atoms with van der Waals surface area (Å²) in [5.41, 5.74) is 1.13. The largest absolute Gasteiger partial charge is 0.497 e. The van der Waals surface area contributed by atoms with Crippen LogP contribution in [0.15, 0.2) is 97.1 Å². The van der Waals surface area contributed by atoms with Crippen molar-refractivity contribution in [3.8, 4) is 11.5 Å². The van der Waals surface area contributed by atoms with Crippen LogP contribution in [0.4, 0.5) is 15.8 Å². The number of hydrogen-bond donors (Lipinski definition) is 1. The number of anilines is 2. The Morgan fingerprint density at radius 1 is 0.860 bits per heavy atom. The van der Waals surface area contributed by atoms with Gasteiger partial charge in [-0.15, -0.1) is 0 Å². The van der Waals surface area contributed by atoms with E-state index in [-0.39, 0.29) is 16.9 Å². The number of fused-ring (bicyclic) bond motifs is 6. The van der Waals surface area contributed by atoms with E-state index < -0.39 is 46.7 Å². The molecule has 4 aromatic carbocycles. The number of rotatable bonds is 6. The van der Waals surface area contributed by atoms with Crippen LogP contribution in [0, 0.1) is 11.7 Å². The second kappa shape index (κ2) is 9.94. The van der Waals surface area contributed by atoms with Crippen molar-refractivity contribution in [2.24, 2.45) is 5.92 Å². The Bertz CT molecular complexity index is 1850. The lowest BCUT2D eigenvalue weighted by Gasteiger charge is -2.37. The summed E-state index contributed by atoms with van der Waals surface area (Å²) in [7, 11) is 2.94. The van der Waals surface area contributed by atoms with Crippen molar-refractivity contribution in [1.29, 1.82) is 0 Å². The molecule has 214 valence electrons. The summed E-state index contributed by atoms with van der Waals surface area (Å²) in [4.78, 5) is 46.0. The van der Waals surface area contributed by atoms with Gasteiger partial charge in [-0.25, -0.2) is 4.39 Å². The molecule has 7 nitrogen and oxygen atoms in total. The molecule has 1 saturated heterocycles. The van der Waals surface area contributed by atoms with E-state index in [0.29, 0.717) is 22.7 Å². The molecule has 43 heavy (non-hydrogen) atoms. The summed E-state index contributed by atoms with van der Waals surface area (Å²) in [6.45, 7) is 0. The molecule has 7 rings (SSSR count). The minimum Gasteiger partial charge on any atom is -0.497 e. The molecule has 4 aromatic rings. The number of benzene rings is 4. The van der Waals surface area contributed by atoms with Crippen molar-refractivity contribution >= 4 is 34.9 Å². The van der Waals surface area contributed by atoms with E-state index in [1.165, 1.54) is 32.4 Å². The second-order valence-electron chi connectivity index (χ2n) is 10.8. The van der Waals surface area contributed by atoms with Gasteiger partial charge >= 0.3 is 0 Å². The lowest BCUT2D eigenvalue weighted by molar-refractivity contribution is -0.121. The zero-order valence-corrected chi connectivity index (χ0v) is 23.4.